The molecule has 0 N–H and O–H groups in total. The van der Waals surface area contributed by atoms with Gasteiger partial charge in [0.15, 0.2) is 6.10 Å². The van der Waals surface area contributed by atoms with E-state index in [0.29, 0.717) is 19.3 Å². The summed E-state index contributed by atoms with van der Waals surface area (Å²) in [6.07, 6.45) is 80.1. The van der Waals surface area contributed by atoms with Crippen LogP contribution in [0, 0.1) is 0 Å². The SMILES string of the molecule is CC/C=C\C/C=C\C/C=C\C/C=C\CCC(=O)OC(COC(=O)CCCCCCC/C=C\CCCCC)COC(=O)CCCCCCCCCCCCCCCC/C=C\C/C=C\C/C=C\CCCCCCC. The van der Waals surface area contributed by atoms with Gasteiger partial charge in [-0.2, -0.15) is 0 Å². The third kappa shape index (κ3) is 57.2. The molecule has 0 spiro atoms. The highest BCUT2D eigenvalue weighted by Gasteiger charge is 2.19. The molecule has 0 radical (unpaired) electrons. The van der Waals surface area contributed by atoms with Crippen molar-refractivity contribution in [3.8, 4) is 0 Å². The predicted molar refractivity (Wildman–Crippen MR) is 311 cm³/mol. The third-order valence-electron chi connectivity index (χ3n) is 12.8. The summed E-state index contributed by atoms with van der Waals surface area (Å²) < 4.78 is 16.8. The van der Waals surface area contributed by atoms with E-state index in [1.54, 1.807) is 0 Å². The van der Waals surface area contributed by atoms with Crippen molar-refractivity contribution >= 4 is 17.9 Å². The Morgan fingerprint density at radius 1 is 0.292 bits per heavy atom. The predicted octanol–water partition coefficient (Wildman–Crippen LogP) is 20.5. The van der Waals surface area contributed by atoms with Crippen LogP contribution in [-0.2, 0) is 28.6 Å². The van der Waals surface area contributed by atoms with Crippen molar-refractivity contribution in [2.45, 2.75) is 290 Å². The molecule has 0 heterocycles. The van der Waals surface area contributed by atoms with Gasteiger partial charge in [-0.15, -0.1) is 0 Å². The fourth-order valence-corrected chi connectivity index (χ4v) is 8.28. The summed E-state index contributed by atoms with van der Waals surface area (Å²) >= 11 is 0. The molecule has 0 fully saturated rings. The Hall–Kier alpha value is -3.67. The van der Waals surface area contributed by atoms with Crippen molar-refractivity contribution in [2.24, 2.45) is 0 Å². The molecule has 0 rings (SSSR count). The molecule has 6 heteroatoms. The summed E-state index contributed by atoms with van der Waals surface area (Å²) in [7, 11) is 0. The van der Waals surface area contributed by atoms with Crippen LogP contribution in [-0.4, -0.2) is 37.2 Å². The monoisotopic (exact) mass is 1000 g/mol. The Bertz CT molecular complexity index is 1430. The molecule has 6 nitrogen and oxygen atoms in total. The molecule has 72 heavy (non-hydrogen) atoms. The molecular weight excluding hydrogens is 889 g/mol. The zero-order chi connectivity index (χ0) is 52.2. The molecule has 0 saturated heterocycles. The lowest BCUT2D eigenvalue weighted by Gasteiger charge is -2.18. The first-order chi connectivity index (χ1) is 35.5. The molecule has 0 aliphatic heterocycles. The fraction of sp³-hybridized carbons (Fsp3) is 0.712. The van der Waals surface area contributed by atoms with E-state index in [0.717, 1.165) is 89.9 Å². The number of rotatable bonds is 54. The second kappa shape index (κ2) is 59.9. The van der Waals surface area contributed by atoms with Crippen LogP contribution in [0.4, 0.5) is 0 Å². The number of hydrogen-bond donors (Lipinski definition) is 0. The number of carbonyl (C=O) groups is 3. The summed E-state index contributed by atoms with van der Waals surface area (Å²) in [5.74, 6) is -0.998. The normalized spacial score (nSPS) is 12.8. The van der Waals surface area contributed by atoms with E-state index in [2.05, 4.69) is 106 Å². The molecule has 412 valence electrons. The van der Waals surface area contributed by atoms with Gasteiger partial charge in [0, 0.05) is 19.3 Å². The molecular formula is C66H112O6. The summed E-state index contributed by atoms with van der Waals surface area (Å²) in [6, 6.07) is 0. The minimum Gasteiger partial charge on any atom is -0.462 e. The van der Waals surface area contributed by atoms with Crippen LogP contribution in [0.3, 0.4) is 0 Å². The van der Waals surface area contributed by atoms with E-state index in [9.17, 15) is 14.4 Å². The number of esters is 3. The van der Waals surface area contributed by atoms with Crippen molar-refractivity contribution in [1.82, 2.24) is 0 Å². The zero-order valence-corrected chi connectivity index (χ0v) is 47.2. The van der Waals surface area contributed by atoms with Crippen LogP contribution in [0.15, 0.2) is 97.2 Å². The first-order valence-electron chi connectivity index (χ1n) is 30.2. The van der Waals surface area contributed by atoms with Gasteiger partial charge in [-0.25, -0.2) is 0 Å². The van der Waals surface area contributed by atoms with Crippen LogP contribution in [0.5, 0.6) is 0 Å². The lowest BCUT2D eigenvalue weighted by molar-refractivity contribution is -0.166. The van der Waals surface area contributed by atoms with Gasteiger partial charge in [0.05, 0.1) is 0 Å². The smallest absolute Gasteiger partial charge is 0.306 e. The van der Waals surface area contributed by atoms with Crippen LogP contribution >= 0.6 is 0 Å². The molecule has 0 aliphatic carbocycles. The van der Waals surface area contributed by atoms with E-state index in [1.165, 1.54) is 148 Å². The fourth-order valence-electron chi connectivity index (χ4n) is 8.28. The molecule has 0 aliphatic rings. The van der Waals surface area contributed by atoms with E-state index in [4.69, 9.17) is 14.2 Å². The number of unbranched alkanes of at least 4 members (excludes halogenated alkanes) is 27. The quantitative estimate of drug-likeness (QED) is 0.0261. The lowest BCUT2D eigenvalue weighted by Crippen LogP contribution is -2.30. The number of hydrogen-bond acceptors (Lipinski definition) is 6. The molecule has 0 aromatic rings. The molecule has 0 amide bonds. The van der Waals surface area contributed by atoms with Crippen LogP contribution in [0.2, 0.25) is 0 Å². The largest absolute Gasteiger partial charge is 0.462 e. The Morgan fingerprint density at radius 2 is 0.569 bits per heavy atom. The maximum Gasteiger partial charge on any atom is 0.306 e. The van der Waals surface area contributed by atoms with Gasteiger partial charge in [-0.3, -0.25) is 14.4 Å². The molecule has 1 atom stereocenters. The first-order valence-corrected chi connectivity index (χ1v) is 30.2. The topological polar surface area (TPSA) is 78.9 Å². The third-order valence-corrected chi connectivity index (χ3v) is 12.8. The van der Waals surface area contributed by atoms with Gasteiger partial charge < -0.3 is 14.2 Å². The van der Waals surface area contributed by atoms with Crippen molar-refractivity contribution in [2.75, 3.05) is 13.2 Å². The van der Waals surface area contributed by atoms with Gasteiger partial charge in [-0.1, -0.05) is 253 Å². The molecule has 0 aromatic heterocycles. The standard InChI is InChI=1S/C66H112O6/c1-4-7-10-13-16-19-22-25-26-27-28-29-30-31-32-33-34-35-36-37-38-39-40-42-44-47-50-53-56-59-65(68)71-62-63(61-70-64(67)58-55-52-49-46-43-24-21-18-15-12-9-6-3)72-66(69)60-57-54-51-48-45-41-23-20-17-14-11-8-5-2/h8,11,17-18,20-22,25,27-28,30-31,41,45,51,54,63H,4-7,9-10,12-16,19,23-24,26,29,32-40,42-44,46-50,52-53,55-62H2,1-3H3/b11-8-,20-17-,21-18-,25-22-,28-27-,31-30-,45-41-,54-51-. The minimum absolute atomic E-state index is 0.108. The van der Waals surface area contributed by atoms with E-state index in [1.807, 2.05) is 12.2 Å². The highest BCUT2D eigenvalue weighted by Crippen LogP contribution is 2.15. The Kier molecular flexibility index (Phi) is 56.8. The van der Waals surface area contributed by atoms with Crippen molar-refractivity contribution in [3.63, 3.8) is 0 Å². The van der Waals surface area contributed by atoms with E-state index >= 15 is 0 Å². The Balaban J connectivity index is 4.23. The molecule has 0 saturated carbocycles. The maximum atomic E-state index is 12.8. The Morgan fingerprint density at radius 3 is 0.944 bits per heavy atom. The van der Waals surface area contributed by atoms with Gasteiger partial charge >= 0.3 is 17.9 Å². The van der Waals surface area contributed by atoms with Crippen molar-refractivity contribution in [3.05, 3.63) is 97.2 Å². The molecule has 0 bridgehead atoms. The van der Waals surface area contributed by atoms with E-state index < -0.39 is 12.1 Å². The highest BCUT2D eigenvalue weighted by molar-refractivity contribution is 5.71. The van der Waals surface area contributed by atoms with Gasteiger partial charge in [0.1, 0.15) is 13.2 Å². The minimum atomic E-state index is -0.819. The summed E-state index contributed by atoms with van der Waals surface area (Å²) in [4.78, 5) is 38.1. The van der Waals surface area contributed by atoms with Crippen molar-refractivity contribution in [1.29, 1.82) is 0 Å². The second-order valence-electron chi connectivity index (χ2n) is 19.9. The Labute approximate surface area is 445 Å². The second-order valence-corrected chi connectivity index (χ2v) is 19.9. The number of allylic oxidation sites excluding steroid dienone is 16. The molecule has 0 aromatic carbocycles. The van der Waals surface area contributed by atoms with Crippen LogP contribution < -0.4 is 0 Å². The van der Waals surface area contributed by atoms with Gasteiger partial charge in [0.25, 0.3) is 0 Å². The first kappa shape index (κ1) is 68.3. The van der Waals surface area contributed by atoms with Crippen LogP contribution in [0.1, 0.15) is 284 Å². The lowest BCUT2D eigenvalue weighted by atomic mass is 10.0. The summed E-state index contributed by atoms with van der Waals surface area (Å²) in [5.41, 5.74) is 0. The molecule has 1 unspecified atom stereocenters. The van der Waals surface area contributed by atoms with Crippen LogP contribution in [0.25, 0.3) is 0 Å². The van der Waals surface area contributed by atoms with Gasteiger partial charge in [0.2, 0.25) is 0 Å². The number of carbonyl (C=O) groups excluding carboxylic acids is 3. The van der Waals surface area contributed by atoms with Crippen molar-refractivity contribution < 1.29 is 28.6 Å². The van der Waals surface area contributed by atoms with E-state index in [-0.39, 0.29) is 31.6 Å². The van der Waals surface area contributed by atoms with Gasteiger partial charge in [-0.05, 0) is 109 Å². The average Bonchev–Trinajstić information content (AvgIpc) is 3.38. The summed E-state index contributed by atoms with van der Waals surface area (Å²) in [6.45, 7) is 6.43. The zero-order valence-electron chi connectivity index (χ0n) is 47.2. The highest BCUT2D eigenvalue weighted by atomic mass is 16.6. The number of ether oxygens (including phenoxy) is 3. The average molecular weight is 1000 g/mol. The maximum absolute atomic E-state index is 12.8. The summed E-state index contributed by atoms with van der Waals surface area (Å²) in [5, 5.41) is 0.